The maximum atomic E-state index is 12.5. The van der Waals surface area contributed by atoms with Gasteiger partial charge in [-0.1, -0.05) is 88.7 Å². The Kier molecular flexibility index (Phi) is 4.65. The van der Waals surface area contributed by atoms with Crippen LogP contribution < -0.4 is 0 Å². The molecule has 0 heterocycles. The molecule has 0 unspecified atom stereocenters. The Labute approximate surface area is 189 Å². The highest BCUT2D eigenvalue weighted by Crippen LogP contribution is 2.57. The highest BCUT2D eigenvalue weighted by Gasteiger charge is 2.47. The first-order valence-corrected chi connectivity index (χ1v) is 11.0. The van der Waals surface area contributed by atoms with Gasteiger partial charge >= 0.3 is 0 Å². The van der Waals surface area contributed by atoms with Crippen LogP contribution in [-0.2, 0) is 5.41 Å². The summed E-state index contributed by atoms with van der Waals surface area (Å²) in [6.45, 7) is 2.02. The first kappa shape index (κ1) is 19.3. The van der Waals surface area contributed by atoms with Crippen LogP contribution in [0.4, 0.5) is 0 Å². The van der Waals surface area contributed by atoms with E-state index in [0.29, 0.717) is 5.56 Å². The third kappa shape index (κ3) is 2.71. The molecule has 0 radical (unpaired) electrons. The Bertz CT molecular complexity index is 1240. The molecule has 0 N–H and O–H groups in total. The van der Waals surface area contributed by atoms with Crippen molar-refractivity contribution in [3.8, 4) is 11.1 Å². The molecule has 4 aromatic carbocycles. The first-order chi connectivity index (χ1) is 14.5. The van der Waals surface area contributed by atoms with E-state index < -0.39 is 10.7 Å². The predicted molar refractivity (Wildman–Crippen MR) is 126 cm³/mol. The Hall–Kier alpha value is -2.68. The Morgan fingerprint density at radius 3 is 1.97 bits per heavy atom. The lowest BCUT2D eigenvalue weighted by Gasteiger charge is -2.34. The van der Waals surface area contributed by atoms with E-state index in [4.69, 9.17) is 11.6 Å². The molecule has 4 aromatic rings. The van der Waals surface area contributed by atoms with Gasteiger partial charge in [0.15, 0.2) is 0 Å². The molecule has 1 aliphatic rings. The highest BCUT2D eigenvalue weighted by molar-refractivity contribution is 9.10. The van der Waals surface area contributed by atoms with Crippen molar-refractivity contribution < 1.29 is 4.79 Å². The molecule has 1 aliphatic carbocycles. The zero-order chi connectivity index (χ0) is 20.9. The van der Waals surface area contributed by atoms with Gasteiger partial charge in [0.05, 0.1) is 5.41 Å². The van der Waals surface area contributed by atoms with Crippen LogP contribution in [-0.4, -0.2) is 5.24 Å². The van der Waals surface area contributed by atoms with Gasteiger partial charge in [0, 0.05) is 10.0 Å². The van der Waals surface area contributed by atoms with Gasteiger partial charge in [0.1, 0.15) is 0 Å². The van der Waals surface area contributed by atoms with Crippen LogP contribution in [0.3, 0.4) is 0 Å². The van der Waals surface area contributed by atoms with Gasteiger partial charge in [-0.3, -0.25) is 4.79 Å². The third-order valence-corrected chi connectivity index (χ3v) is 6.66. The number of carbonyl (C=O) groups excluding carboxylic acids is 1. The van der Waals surface area contributed by atoms with Crippen molar-refractivity contribution in [1.29, 1.82) is 0 Å². The average Bonchev–Trinajstić information content (AvgIpc) is 3.04. The number of carbonyl (C=O) groups is 1. The van der Waals surface area contributed by atoms with E-state index in [-0.39, 0.29) is 0 Å². The molecule has 30 heavy (non-hydrogen) atoms. The normalized spacial score (nSPS) is 13.6. The number of fused-ring (bicyclic) bond motifs is 3. The number of halogens is 2. The van der Waals surface area contributed by atoms with Crippen molar-refractivity contribution in [3.63, 3.8) is 0 Å². The van der Waals surface area contributed by atoms with E-state index in [1.807, 2.05) is 31.2 Å². The third-order valence-electron chi connectivity index (χ3n) is 5.97. The molecule has 0 bridgehead atoms. The molecule has 0 saturated heterocycles. The first-order valence-electron chi connectivity index (χ1n) is 9.80. The highest BCUT2D eigenvalue weighted by atomic mass is 79.9. The molecule has 5 rings (SSSR count). The van der Waals surface area contributed by atoms with Crippen LogP contribution in [0, 0.1) is 6.92 Å². The molecule has 0 aromatic heterocycles. The van der Waals surface area contributed by atoms with Crippen LogP contribution in [0.2, 0.25) is 0 Å². The standard InChI is InChI=1S/C27H18BrClO/c1-17-14-22(26(29)30)25-21-13-12-20(28)16-23(21)27(24(25)15-17,18-8-4-2-5-9-18)19-10-6-3-7-11-19/h2-16H,1H3. The second kappa shape index (κ2) is 7.23. The lowest BCUT2D eigenvalue weighted by Crippen LogP contribution is -2.28. The lowest BCUT2D eigenvalue weighted by molar-refractivity contribution is 0.108. The number of aryl methyl sites for hydroxylation is 1. The van der Waals surface area contributed by atoms with E-state index in [1.54, 1.807) is 0 Å². The average molecular weight is 474 g/mol. The molecule has 146 valence electrons. The molecule has 0 amide bonds. The van der Waals surface area contributed by atoms with E-state index >= 15 is 0 Å². The molecular formula is C27H18BrClO. The van der Waals surface area contributed by atoms with Crippen molar-refractivity contribution in [1.82, 2.24) is 0 Å². The number of rotatable bonds is 3. The number of benzene rings is 4. The SMILES string of the molecule is Cc1cc(C(=O)Cl)c2c(c1)C(c1ccccc1)(c1ccccc1)c1cc(Br)ccc1-2. The van der Waals surface area contributed by atoms with Crippen molar-refractivity contribution in [2.75, 3.05) is 0 Å². The minimum absolute atomic E-state index is 0.430. The zero-order valence-electron chi connectivity index (χ0n) is 16.3. The van der Waals surface area contributed by atoms with E-state index in [1.165, 1.54) is 0 Å². The summed E-state index contributed by atoms with van der Waals surface area (Å²) in [5.41, 5.74) is 7.57. The molecule has 0 saturated carbocycles. The van der Waals surface area contributed by atoms with Crippen molar-refractivity contribution in [3.05, 3.63) is 129 Å². The predicted octanol–water partition coefficient (Wildman–Crippen LogP) is 7.50. The van der Waals surface area contributed by atoms with Gasteiger partial charge in [-0.25, -0.2) is 0 Å². The summed E-state index contributed by atoms with van der Waals surface area (Å²) in [6, 6.07) is 31.4. The molecule has 0 atom stereocenters. The maximum absolute atomic E-state index is 12.5. The summed E-state index contributed by atoms with van der Waals surface area (Å²) in [4.78, 5) is 12.5. The molecule has 0 fully saturated rings. The molecule has 0 aliphatic heterocycles. The fourth-order valence-corrected chi connectivity index (χ4v) is 5.39. The Morgan fingerprint density at radius 2 is 1.40 bits per heavy atom. The van der Waals surface area contributed by atoms with Crippen molar-refractivity contribution in [2.24, 2.45) is 0 Å². The van der Waals surface area contributed by atoms with Gasteiger partial charge in [-0.2, -0.15) is 0 Å². The summed E-state index contributed by atoms with van der Waals surface area (Å²) in [7, 11) is 0. The van der Waals surface area contributed by atoms with Gasteiger partial charge in [-0.05, 0) is 75.7 Å². The second-order valence-electron chi connectivity index (χ2n) is 7.68. The minimum Gasteiger partial charge on any atom is -0.276 e. The van der Waals surface area contributed by atoms with E-state index in [0.717, 1.165) is 43.4 Å². The van der Waals surface area contributed by atoms with Crippen LogP contribution >= 0.6 is 27.5 Å². The summed E-state index contributed by atoms with van der Waals surface area (Å²) in [5.74, 6) is 0. The maximum Gasteiger partial charge on any atom is 0.253 e. The fourth-order valence-electron chi connectivity index (χ4n) is 4.88. The molecule has 3 heteroatoms. The van der Waals surface area contributed by atoms with Gasteiger partial charge < -0.3 is 0 Å². The van der Waals surface area contributed by atoms with Crippen molar-refractivity contribution in [2.45, 2.75) is 12.3 Å². The molecule has 1 nitrogen and oxygen atoms in total. The summed E-state index contributed by atoms with van der Waals surface area (Å²) in [6.07, 6.45) is 0. The molecular weight excluding hydrogens is 456 g/mol. The van der Waals surface area contributed by atoms with Crippen LogP contribution in [0.25, 0.3) is 11.1 Å². The van der Waals surface area contributed by atoms with E-state index in [9.17, 15) is 4.79 Å². The quantitative estimate of drug-likeness (QED) is 0.248. The van der Waals surface area contributed by atoms with Crippen LogP contribution in [0.15, 0.2) is 95.5 Å². The van der Waals surface area contributed by atoms with Gasteiger partial charge in [-0.15, -0.1) is 0 Å². The molecule has 0 spiro atoms. The second-order valence-corrected chi connectivity index (χ2v) is 8.94. The van der Waals surface area contributed by atoms with Gasteiger partial charge in [0.25, 0.3) is 5.24 Å². The largest absolute Gasteiger partial charge is 0.276 e. The minimum atomic E-state index is -0.538. The zero-order valence-corrected chi connectivity index (χ0v) is 18.7. The Balaban J connectivity index is 2.04. The summed E-state index contributed by atoms with van der Waals surface area (Å²) >= 11 is 9.77. The van der Waals surface area contributed by atoms with Gasteiger partial charge in [0.2, 0.25) is 0 Å². The summed E-state index contributed by atoms with van der Waals surface area (Å²) in [5, 5.41) is -0.430. The number of hydrogen-bond donors (Lipinski definition) is 0. The fraction of sp³-hybridized carbons (Fsp3) is 0.0741. The number of hydrogen-bond acceptors (Lipinski definition) is 1. The van der Waals surface area contributed by atoms with E-state index in [2.05, 4.69) is 82.7 Å². The smallest absolute Gasteiger partial charge is 0.253 e. The van der Waals surface area contributed by atoms with Crippen LogP contribution in [0.5, 0.6) is 0 Å². The monoisotopic (exact) mass is 472 g/mol. The summed E-state index contributed by atoms with van der Waals surface area (Å²) < 4.78 is 1.00. The van der Waals surface area contributed by atoms with Crippen molar-refractivity contribution >= 4 is 32.8 Å². The lowest BCUT2D eigenvalue weighted by atomic mass is 9.67. The Morgan fingerprint density at radius 1 is 0.800 bits per heavy atom. The van der Waals surface area contributed by atoms with Crippen LogP contribution in [0.1, 0.15) is 38.2 Å². The topological polar surface area (TPSA) is 17.1 Å².